The first-order valence-electron chi connectivity index (χ1n) is 7.12. The molecule has 1 amide bonds. The Morgan fingerprint density at radius 1 is 1.35 bits per heavy atom. The molecular formula is C16H18N2OS. The van der Waals surface area contributed by atoms with Crippen LogP contribution in [0.15, 0.2) is 29.6 Å². The van der Waals surface area contributed by atoms with Gasteiger partial charge in [-0.05, 0) is 31.4 Å². The Hall–Kier alpha value is -1.68. The molecule has 1 fully saturated rings. The Balaban J connectivity index is 1.72. The van der Waals surface area contributed by atoms with Crippen LogP contribution in [0, 0.1) is 0 Å². The molecule has 0 saturated heterocycles. The number of nitrogens with one attached hydrogen (secondary N) is 1. The fourth-order valence-corrected chi connectivity index (χ4v) is 3.07. The van der Waals surface area contributed by atoms with Gasteiger partial charge >= 0.3 is 0 Å². The third kappa shape index (κ3) is 2.90. The highest BCUT2D eigenvalue weighted by molar-refractivity contribution is 7.10. The van der Waals surface area contributed by atoms with E-state index in [2.05, 4.69) is 15.7 Å². The van der Waals surface area contributed by atoms with Crippen LogP contribution in [0.5, 0.6) is 0 Å². The van der Waals surface area contributed by atoms with Crippen molar-refractivity contribution in [3.63, 3.8) is 0 Å². The molecule has 3 nitrogen and oxygen atoms in total. The summed E-state index contributed by atoms with van der Waals surface area (Å²) in [6.45, 7) is 2.76. The molecule has 2 aromatic rings. The first-order valence-corrected chi connectivity index (χ1v) is 8.00. The van der Waals surface area contributed by atoms with Gasteiger partial charge in [0.2, 0.25) is 0 Å². The standard InChI is InChI=1S/C16H18N2OS/c1-2-9-17-15(19)12-5-3-11(4-6-12)14-10-20-16(18-14)13-7-8-13/h3-6,10,13H,2,7-9H2,1H3,(H,17,19). The van der Waals surface area contributed by atoms with Gasteiger partial charge in [0.1, 0.15) is 0 Å². The summed E-state index contributed by atoms with van der Waals surface area (Å²) in [5.41, 5.74) is 2.82. The van der Waals surface area contributed by atoms with Crippen LogP contribution < -0.4 is 5.32 Å². The third-order valence-electron chi connectivity index (χ3n) is 3.43. The van der Waals surface area contributed by atoms with Gasteiger partial charge < -0.3 is 5.32 Å². The zero-order valence-electron chi connectivity index (χ0n) is 11.6. The Morgan fingerprint density at radius 3 is 2.75 bits per heavy atom. The van der Waals surface area contributed by atoms with Crippen LogP contribution in [-0.2, 0) is 0 Å². The average Bonchev–Trinajstić information content (AvgIpc) is 3.22. The predicted octanol–water partition coefficient (Wildman–Crippen LogP) is 3.83. The van der Waals surface area contributed by atoms with E-state index in [1.54, 1.807) is 11.3 Å². The highest BCUT2D eigenvalue weighted by atomic mass is 32.1. The van der Waals surface area contributed by atoms with Crippen LogP contribution >= 0.6 is 11.3 Å². The number of aromatic nitrogens is 1. The van der Waals surface area contributed by atoms with E-state index in [0.717, 1.165) is 24.2 Å². The molecule has 3 rings (SSSR count). The van der Waals surface area contributed by atoms with Gasteiger partial charge in [-0.25, -0.2) is 4.98 Å². The molecule has 104 valence electrons. The molecule has 1 aromatic carbocycles. The van der Waals surface area contributed by atoms with E-state index in [1.807, 2.05) is 31.2 Å². The zero-order valence-corrected chi connectivity index (χ0v) is 12.4. The average molecular weight is 286 g/mol. The minimum Gasteiger partial charge on any atom is -0.352 e. The molecule has 20 heavy (non-hydrogen) atoms. The molecule has 0 atom stereocenters. The molecule has 1 heterocycles. The molecule has 0 bridgehead atoms. The van der Waals surface area contributed by atoms with Gasteiger partial charge in [0.15, 0.2) is 0 Å². The van der Waals surface area contributed by atoms with Gasteiger partial charge in [0.05, 0.1) is 10.7 Å². The maximum Gasteiger partial charge on any atom is 0.251 e. The lowest BCUT2D eigenvalue weighted by molar-refractivity contribution is 0.0953. The molecular weight excluding hydrogens is 268 g/mol. The summed E-state index contributed by atoms with van der Waals surface area (Å²) in [4.78, 5) is 16.5. The van der Waals surface area contributed by atoms with E-state index in [9.17, 15) is 4.79 Å². The second-order valence-electron chi connectivity index (χ2n) is 5.18. The number of amides is 1. The molecule has 1 N–H and O–H groups in total. The highest BCUT2D eigenvalue weighted by Gasteiger charge is 2.26. The molecule has 1 saturated carbocycles. The summed E-state index contributed by atoms with van der Waals surface area (Å²) in [6.07, 6.45) is 3.51. The monoisotopic (exact) mass is 286 g/mol. The summed E-state index contributed by atoms with van der Waals surface area (Å²) < 4.78 is 0. The molecule has 4 heteroatoms. The van der Waals surface area contributed by atoms with Crippen molar-refractivity contribution in [2.24, 2.45) is 0 Å². The van der Waals surface area contributed by atoms with Crippen molar-refractivity contribution in [1.29, 1.82) is 0 Å². The fourth-order valence-electron chi connectivity index (χ4n) is 2.07. The van der Waals surface area contributed by atoms with Gasteiger partial charge in [0, 0.05) is 29.0 Å². The minimum atomic E-state index is -0.00431. The topological polar surface area (TPSA) is 42.0 Å². The van der Waals surface area contributed by atoms with Crippen LogP contribution in [0.25, 0.3) is 11.3 Å². The zero-order chi connectivity index (χ0) is 13.9. The first kappa shape index (κ1) is 13.3. The second kappa shape index (κ2) is 5.75. The lowest BCUT2D eigenvalue weighted by atomic mass is 10.1. The maximum absolute atomic E-state index is 11.8. The number of thiazole rings is 1. The van der Waals surface area contributed by atoms with Crippen molar-refractivity contribution < 1.29 is 4.79 Å². The van der Waals surface area contributed by atoms with E-state index in [4.69, 9.17) is 0 Å². The largest absolute Gasteiger partial charge is 0.352 e. The van der Waals surface area contributed by atoms with Gasteiger partial charge in [-0.1, -0.05) is 19.1 Å². The second-order valence-corrected chi connectivity index (χ2v) is 6.07. The van der Waals surface area contributed by atoms with Crippen LogP contribution in [0.1, 0.15) is 47.5 Å². The summed E-state index contributed by atoms with van der Waals surface area (Å²) in [5, 5.41) is 6.25. The molecule has 1 aliphatic rings. The molecule has 0 aliphatic heterocycles. The number of hydrogen-bond acceptors (Lipinski definition) is 3. The quantitative estimate of drug-likeness (QED) is 0.907. The van der Waals surface area contributed by atoms with E-state index >= 15 is 0 Å². The van der Waals surface area contributed by atoms with Crippen molar-refractivity contribution in [2.75, 3.05) is 6.54 Å². The maximum atomic E-state index is 11.8. The molecule has 0 spiro atoms. The lowest BCUT2D eigenvalue weighted by Crippen LogP contribution is -2.23. The Kier molecular flexibility index (Phi) is 3.83. The van der Waals surface area contributed by atoms with E-state index in [1.165, 1.54) is 17.8 Å². The minimum absolute atomic E-state index is 0.00431. The number of nitrogens with zero attached hydrogens (tertiary/aromatic N) is 1. The van der Waals surface area contributed by atoms with Gasteiger partial charge in [-0.2, -0.15) is 0 Å². The smallest absolute Gasteiger partial charge is 0.251 e. The molecule has 1 aromatic heterocycles. The number of carbonyl (C=O) groups excluding carboxylic acids is 1. The molecule has 1 aliphatic carbocycles. The van der Waals surface area contributed by atoms with E-state index < -0.39 is 0 Å². The third-order valence-corrected chi connectivity index (χ3v) is 4.43. The van der Waals surface area contributed by atoms with Crippen LogP contribution in [0.2, 0.25) is 0 Å². The van der Waals surface area contributed by atoms with Crippen LogP contribution in [0.3, 0.4) is 0 Å². The van der Waals surface area contributed by atoms with Crippen molar-refractivity contribution in [3.05, 3.63) is 40.2 Å². The van der Waals surface area contributed by atoms with Gasteiger partial charge in [-0.3, -0.25) is 4.79 Å². The number of hydrogen-bond donors (Lipinski definition) is 1. The first-order chi connectivity index (χ1) is 9.78. The van der Waals surface area contributed by atoms with Gasteiger partial charge in [-0.15, -0.1) is 11.3 Å². The normalized spacial score (nSPS) is 14.2. The van der Waals surface area contributed by atoms with Crippen molar-refractivity contribution in [2.45, 2.75) is 32.1 Å². The Morgan fingerprint density at radius 2 is 2.10 bits per heavy atom. The number of benzene rings is 1. The van der Waals surface area contributed by atoms with Crippen molar-refractivity contribution in [1.82, 2.24) is 10.3 Å². The lowest BCUT2D eigenvalue weighted by Gasteiger charge is -2.04. The Bertz CT molecular complexity index is 599. The van der Waals surface area contributed by atoms with E-state index in [-0.39, 0.29) is 5.91 Å². The number of rotatable bonds is 5. The summed E-state index contributed by atoms with van der Waals surface area (Å²) in [5.74, 6) is 0.697. The summed E-state index contributed by atoms with van der Waals surface area (Å²) in [6, 6.07) is 7.70. The van der Waals surface area contributed by atoms with Crippen molar-refractivity contribution >= 4 is 17.2 Å². The SMILES string of the molecule is CCCNC(=O)c1ccc(-c2csc(C3CC3)n2)cc1. The predicted molar refractivity (Wildman–Crippen MR) is 82.1 cm³/mol. The van der Waals surface area contributed by atoms with E-state index in [0.29, 0.717) is 11.5 Å². The fraction of sp³-hybridized carbons (Fsp3) is 0.375. The summed E-state index contributed by atoms with van der Waals surface area (Å²) >= 11 is 1.75. The Labute approximate surface area is 123 Å². The van der Waals surface area contributed by atoms with Crippen molar-refractivity contribution in [3.8, 4) is 11.3 Å². The molecule has 0 unspecified atom stereocenters. The number of carbonyl (C=O) groups is 1. The van der Waals surface area contributed by atoms with Crippen LogP contribution in [-0.4, -0.2) is 17.4 Å². The summed E-state index contributed by atoms with van der Waals surface area (Å²) in [7, 11) is 0. The van der Waals surface area contributed by atoms with Crippen LogP contribution in [0.4, 0.5) is 0 Å². The molecule has 0 radical (unpaired) electrons. The highest BCUT2D eigenvalue weighted by Crippen LogP contribution is 2.42. The van der Waals surface area contributed by atoms with Gasteiger partial charge in [0.25, 0.3) is 5.91 Å².